The van der Waals surface area contributed by atoms with E-state index >= 15 is 0 Å². The van der Waals surface area contributed by atoms with Crippen molar-refractivity contribution in [2.45, 2.75) is 49.2 Å². The molecule has 40 heavy (non-hydrogen) atoms. The quantitative estimate of drug-likeness (QED) is 0.367. The number of carbonyl (C=O) groups is 2. The van der Waals surface area contributed by atoms with Crippen molar-refractivity contribution in [1.82, 2.24) is 9.80 Å². The lowest BCUT2D eigenvalue weighted by Crippen LogP contribution is -2.66. The number of carboxylic acids is 1. The van der Waals surface area contributed by atoms with Gasteiger partial charge in [0.05, 0.1) is 0 Å². The van der Waals surface area contributed by atoms with Gasteiger partial charge in [-0.1, -0.05) is 85.8 Å². The van der Waals surface area contributed by atoms with Crippen molar-refractivity contribution >= 4 is 11.9 Å². The Morgan fingerprint density at radius 3 is 1.77 bits per heavy atom. The van der Waals surface area contributed by atoms with Crippen LogP contribution < -0.4 is 4.74 Å². The number of aliphatic hydroxyl groups is 1. The zero-order valence-electron chi connectivity index (χ0n) is 23.6. The number of para-hydroxylation sites is 1. The van der Waals surface area contributed by atoms with Crippen LogP contribution in [-0.2, 0) is 15.0 Å². The van der Waals surface area contributed by atoms with Crippen molar-refractivity contribution in [2.75, 3.05) is 33.7 Å². The standard InChI is InChI=1S/C33H40N2O5/c1-4-33(30(37)38,40-28-18-12-7-13-19-28)31(39)20-23-35(24-21-31)25-22-32(29(36)34(2)3,26-14-8-5-9-15-26)27-16-10-6-11-17-27/h5-19,39H,4,20-25H2,1-3H3,(H,37,38). The van der Waals surface area contributed by atoms with E-state index in [1.807, 2.05) is 66.7 Å². The van der Waals surface area contributed by atoms with E-state index in [4.69, 9.17) is 4.74 Å². The second-order valence-electron chi connectivity index (χ2n) is 10.9. The molecule has 1 fully saturated rings. The van der Waals surface area contributed by atoms with Gasteiger partial charge in [0, 0.05) is 27.2 Å². The Morgan fingerprint density at radius 1 is 0.875 bits per heavy atom. The van der Waals surface area contributed by atoms with Gasteiger partial charge in [0.1, 0.15) is 16.8 Å². The van der Waals surface area contributed by atoms with Crippen LogP contribution in [0.2, 0.25) is 0 Å². The number of likely N-dealkylation sites (N-methyl/N-ethyl adjacent to an activating group) is 1. The van der Waals surface area contributed by atoms with E-state index in [0.29, 0.717) is 31.8 Å². The first-order chi connectivity index (χ1) is 19.2. The molecule has 1 unspecified atom stereocenters. The molecule has 212 valence electrons. The summed E-state index contributed by atoms with van der Waals surface area (Å²) in [6, 6.07) is 28.6. The summed E-state index contributed by atoms with van der Waals surface area (Å²) in [5, 5.41) is 22.1. The van der Waals surface area contributed by atoms with Gasteiger partial charge in [0.2, 0.25) is 11.5 Å². The molecule has 2 N–H and O–H groups in total. The van der Waals surface area contributed by atoms with E-state index in [1.165, 1.54) is 0 Å². The topological polar surface area (TPSA) is 90.3 Å². The van der Waals surface area contributed by atoms with E-state index in [0.717, 1.165) is 11.1 Å². The van der Waals surface area contributed by atoms with Gasteiger partial charge in [-0.2, -0.15) is 0 Å². The molecule has 1 atom stereocenters. The lowest BCUT2D eigenvalue weighted by molar-refractivity contribution is -0.195. The summed E-state index contributed by atoms with van der Waals surface area (Å²) in [6.45, 7) is 3.31. The van der Waals surface area contributed by atoms with E-state index in [1.54, 1.807) is 50.2 Å². The van der Waals surface area contributed by atoms with Gasteiger partial charge in [-0.3, -0.25) is 4.79 Å². The lowest BCUT2D eigenvalue weighted by Gasteiger charge is -2.48. The number of carboxylic acid groups (broad SMARTS) is 1. The number of carbonyl (C=O) groups excluding carboxylic acids is 1. The van der Waals surface area contributed by atoms with Gasteiger partial charge in [0.25, 0.3) is 0 Å². The molecule has 1 heterocycles. The third-order valence-electron chi connectivity index (χ3n) is 8.42. The maximum Gasteiger partial charge on any atom is 0.351 e. The number of rotatable bonds is 11. The molecular weight excluding hydrogens is 504 g/mol. The first-order valence-corrected chi connectivity index (χ1v) is 13.9. The van der Waals surface area contributed by atoms with Crippen LogP contribution in [0.25, 0.3) is 0 Å². The molecule has 0 radical (unpaired) electrons. The molecule has 3 aromatic carbocycles. The third-order valence-corrected chi connectivity index (χ3v) is 8.42. The first-order valence-electron chi connectivity index (χ1n) is 13.9. The van der Waals surface area contributed by atoms with Crippen LogP contribution in [0.15, 0.2) is 91.0 Å². The number of hydrogen-bond acceptors (Lipinski definition) is 5. The van der Waals surface area contributed by atoms with Crippen LogP contribution in [0.3, 0.4) is 0 Å². The Hall–Kier alpha value is -3.68. The van der Waals surface area contributed by atoms with E-state index in [9.17, 15) is 19.8 Å². The molecule has 1 aliphatic heterocycles. The van der Waals surface area contributed by atoms with Crippen molar-refractivity contribution in [2.24, 2.45) is 0 Å². The monoisotopic (exact) mass is 544 g/mol. The predicted octanol–water partition coefficient (Wildman–Crippen LogP) is 4.59. The van der Waals surface area contributed by atoms with Crippen molar-refractivity contribution < 1.29 is 24.5 Å². The molecule has 3 aromatic rings. The molecule has 7 nitrogen and oxygen atoms in total. The molecule has 1 amide bonds. The normalized spacial score (nSPS) is 17.0. The Kier molecular flexibility index (Phi) is 8.96. The molecule has 0 saturated carbocycles. The second-order valence-corrected chi connectivity index (χ2v) is 10.9. The number of hydrogen-bond donors (Lipinski definition) is 2. The highest BCUT2D eigenvalue weighted by molar-refractivity contribution is 5.92. The van der Waals surface area contributed by atoms with Crippen molar-refractivity contribution in [3.8, 4) is 5.75 Å². The molecular formula is C33H40N2O5. The van der Waals surface area contributed by atoms with Gasteiger partial charge in [-0.15, -0.1) is 0 Å². The van der Waals surface area contributed by atoms with Crippen LogP contribution in [0.1, 0.15) is 43.7 Å². The molecule has 7 heteroatoms. The summed E-state index contributed by atoms with van der Waals surface area (Å²) in [5.74, 6) is -0.746. The fraction of sp³-hybridized carbons (Fsp3) is 0.394. The SMILES string of the molecule is CCC(Oc1ccccc1)(C(=O)O)C1(O)CCN(CCC(C(=O)N(C)C)(c2ccccc2)c2ccccc2)CC1. The molecule has 0 aliphatic carbocycles. The van der Waals surface area contributed by atoms with Gasteiger partial charge in [0.15, 0.2) is 0 Å². The second kappa shape index (κ2) is 12.2. The number of aliphatic carboxylic acids is 1. The number of benzene rings is 3. The predicted molar refractivity (Wildman–Crippen MR) is 155 cm³/mol. The third kappa shape index (κ3) is 5.49. The van der Waals surface area contributed by atoms with E-state index < -0.39 is 22.6 Å². The summed E-state index contributed by atoms with van der Waals surface area (Å²) in [4.78, 5) is 30.4. The van der Waals surface area contributed by atoms with Crippen molar-refractivity contribution in [3.63, 3.8) is 0 Å². The Morgan fingerprint density at radius 2 is 1.35 bits per heavy atom. The van der Waals surface area contributed by atoms with Gasteiger partial charge < -0.3 is 24.7 Å². The van der Waals surface area contributed by atoms with Crippen LogP contribution in [0, 0.1) is 0 Å². The molecule has 1 aliphatic rings. The maximum atomic E-state index is 13.9. The van der Waals surface area contributed by atoms with Crippen LogP contribution in [-0.4, -0.2) is 76.8 Å². The highest BCUT2D eigenvalue weighted by Gasteiger charge is 2.58. The van der Waals surface area contributed by atoms with Crippen LogP contribution in [0.4, 0.5) is 0 Å². The largest absolute Gasteiger partial charge is 0.478 e. The Bertz CT molecular complexity index is 1220. The molecule has 1 saturated heterocycles. The first kappa shape index (κ1) is 29.3. The zero-order valence-corrected chi connectivity index (χ0v) is 23.6. The fourth-order valence-electron chi connectivity index (χ4n) is 6.09. The summed E-state index contributed by atoms with van der Waals surface area (Å²) < 4.78 is 6.06. The molecule has 0 aromatic heterocycles. The lowest BCUT2D eigenvalue weighted by atomic mass is 9.70. The average Bonchev–Trinajstić information content (AvgIpc) is 2.98. The van der Waals surface area contributed by atoms with Gasteiger partial charge >= 0.3 is 5.97 Å². The van der Waals surface area contributed by atoms with Gasteiger partial charge in [-0.05, 0) is 55.5 Å². The summed E-state index contributed by atoms with van der Waals surface area (Å²) in [7, 11) is 3.57. The van der Waals surface area contributed by atoms with Crippen molar-refractivity contribution in [1.29, 1.82) is 0 Å². The molecule has 4 rings (SSSR count). The molecule has 0 spiro atoms. The smallest absolute Gasteiger partial charge is 0.351 e. The number of likely N-dealkylation sites (tertiary alicyclic amines) is 1. The fourth-order valence-corrected chi connectivity index (χ4v) is 6.09. The van der Waals surface area contributed by atoms with E-state index in [2.05, 4.69) is 4.90 Å². The minimum Gasteiger partial charge on any atom is -0.478 e. The number of ether oxygens (including phenoxy) is 1. The van der Waals surface area contributed by atoms with Crippen LogP contribution in [0.5, 0.6) is 5.75 Å². The minimum absolute atomic E-state index is 0.00514. The number of amides is 1. The summed E-state index contributed by atoms with van der Waals surface area (Å²) >= 11 is 0. The summed E-state index contributed by atoms with van der Waals surface area (Å²) in [5.41, 5.74) is -2.33. The number of nitrogens with zero attached hydrogens (tertiary/aromatic N) is 2. The summed E-state index contributed by atoms with van der Waals surface area (Å²) in [6.07, 6.45) is 1.14. The Balaban J connectivity index is 1.58. The highest BCUT2D eigenvalue weighted by Crippen LogP contribution is 2.41. The van der Waals surface area contributed by atoms with E-state index in [-0.39, 0.29) is 25.2 Å². The minimum atomic E-state index is -1.76. The average molecular weight is 545 g/mol. The Labute approximate surface area is 237 Å². The maximum absolute atomic E-state index is 13.9. The van der Waals surface area contributed by atoms with Crippen LogP contribution >= 0.6 is 0 Å². The highest BCUT2D eigenvalue weighted by atomic mass is 16.5. The number of piperidine rings is 1. The van der Waals surface area contributed by atoms with Gasteiger partial charge in [-0.25, -0.2) is 4.79 Å². The van der Waals surface area contributed by atoms with Crippen molar-refractivity contribution in [3.05, 3.63) is 102 Å². The zero-order chi connectivity index (χ0) is 28.8. The molecule has 0 bridgehead atoms.